The van der Waals surface area contributed by atoms with Gasteiger partial charge in [0, 0.05) is 40.6 Å². The Morgan fingerprint density at radius 2 is 2.06 bits per heavy atom. The van der Waals surface area contributed by atoms with Crippen LogP contribution in [0.4, 0.5) is 0 Å². The maximum Gasteiger partial charge on any atom is 0.0312 e. The Kier molecular flexibility index (Phi) is 5.71. The molecule has 2 rings (SSSR count). The fraction of sp³-hybridized carbons (Fsp3) is 0.214. The summed E-state index contributed by atoms with van der Waals surface area (Å²) in [6.45, 7) is 1.87. The van der Waals surface area contributed by atoms with Gasteiger partial charge in [0.15, 0.2) is 0 Å². The molecule has 0 atom stereocenters. The van der Waals surface area contributed by atoms with Crippen molar-refractivity contribution >= 4 is 27.7 Å². The fourth-order valence-corrected chi connectivity index (χ4v) is 3.01. The van der Waals surface area contributed by atoms with Gasteiger partial charge in [0.1, 0.15) is 0 Å². The summed E-state index contributed by atoms with van der Waals surface area (Å²) in [7, 11) is 0. The van der Waals surface area contributed by atoms with E-state index in [2.05, 4.69) is 50.5 Å². The molecule has 1 N–H and O–H groups in total. The first-order valence-corrected chi connectivity index (χ1v) is 7.61. The molecule has 0 aliphatic rings. The molecule has 0 radical (unpaired) electrons. The number of rotatable bonds is 6. The molecule has 2 aromatic rings. The summed E-state index contributed by atoms with van der Waals surface area (Å²) in [6.07, 6.45) is 3.69. The Hall–Kier alpha value is -0.840. The molecule has 1 aromatic carbocycles. The van der Waals surface area contributed by atoms with Crippen LogP contribution in [-0.2, 0) is 6.54 Å². The number of aromatic nitrogens is 1. The summed E-state index contributed by atoms with van der Waals surface area (Å²) in [5.74, 6) is 1.06. The first kappa shape index (κ1) is 13.6. The van der Waals surface area contributed by atoms with Crippen LogP contribution in [0.25, 0.3) is 0 Å². The summed E-state index contributed by atoms with van der Waals surface area (Å²) in [6, 6.07) is 12.4. The predicted molar refractivity (Wildman–Crippen MR) is 80.8 cm³/mol. The lowest BCUT2D eigenvalue weighted by Crippen LogP contribution is -2.16. The minimum Gasteiger partial charge on any atom is -0.312 e. The average Bonchev–Trinajstić information content (AvgIpc) is 2.42. The van der Waals surface area contributed by atoms with Crippen LogP contribution in [0.5, 0.6) is 0 Å². The number of thioether (sulfide) groups is 1. The van der Waals surface area contributed by atoms with Gasteiger partial charge in [-0.1, -0.05) is 18.2 Å². The van der Waals surface area contributed by atoms with E-state index in [9.17, 15) is 0 Å². The molecular formula is C14H15BrN2S. The Bertz CT molecular complexity index is 476. The number of nitrogens with one attached hydrogen (secondary N) is 1. The van der Waals surface area contributed by atoms with Gasteiger partial charge in [-0.2, -0.15) is 0 Å². The van der Waals surface area contributed by atoms with Crippen LogP contribution in [0.2, 0.25) is 0 Å². The second-order valence-corrected chi connectivity index (χ2v) is 5.81. The third-order valence-electron chi connectivity index (χ3n) is 2.42. The van der Waals surface area contributed by atoms with Crippen molar-refractivity contribution in [3.05, 3.63) is 58.8 Å². The first-order chi connectivity index (χ1) is 8.86. The van der Waals surface area contributed by atoms with Gasteiger partial charge in [0.2, 0.25) is 0 Å². The first-order valence-electron chi connectivity index (χ1n) is 5.83. The molecule has 0 amide bonds. The number of hydrogen-bond acceptors (Lipinski definition) is 3. The smallest absolute Gasteiger partial charge is 0.0312 e. The van der Waals surface area contributed by atoms with E-state index in [1.165, 1.54) is 14.9 Å². The molecule has 4 heteroatoms. The zero-order valence-electron chi connectivity index (χ0n) is 9.97. The number of halogens is 1. The number of benzene rings is 1. The Morgan fingerprint density at radius 3 is 2.83 bits per heavy atom. The molecule has 0 fully saturated rings. The van der Waals surface area contributed by atoms with Gasteiger partial charge in [-0.25, -0.2) is 0 Å². The summed E-state index contributed by atoms with van der Waals surface area (Å²) >= 11 is 5.41. The minimum atomic E-state index is 0.879. The normalized spacial score (nSPS) is 10.5. The maximum atomic E-state index is 4.09. The topological polar surface area (TPSA) is 24.9 Å². The van der Waals surface area contributed by atoms with Gasteiger partial charge in [0.05, 0.1) is 0 Å². The van der Waals surface area contributed by atoms with Crippen LogP contribution in [-0.4, -0.2) is 17.3 Å². The molecule has 94 valence electrons. The molecule has 0 saturated carbocycles. The van der Waals surface area contributed by atoms with E-state index in [0.29, 0.717) is 0 Å². The maximum absolute atomic E-state index is 4.09. The Balaban J connectivity index is 1.66. The third kappa shape index (κ3) is 4.44. The lowest BCUT2D eigenvalue weighted by atomic mass is 10.3. The van der Waals surface area contributed by atoms with Crippen molar-refractivity contribution in [1.29, 1.82) is 0 Å². The van der Waals surface area contributed by atoms with Crippen LogP contribution >= 0.6 is 27.7 Å². The zero-order valence-corrected chi connectivity index (χ0v) is 12.4. The van der Waals surface area contributed by atoms with E-state index in [1.54, 1.807) is 6.20 Å². The van der Waals surface area contributed by atoms with E-state index in [1.807, 2.05) is 30.1 Å². The van der Waals surface area contributed by atoms with E-state index in [0.717, 1.165) is 18.8 Å². The SMILES string of the molecule is Brc1ccccc1SCCNCc1cccnc1. The Morgan fingerprint density at radius 1 is 1.17 bits per heavy atom. The second-order valence-electron chi connectivity index (χ2n) is 3.82. The highest BCUT2D eigenvalue weighted by molar-refractivity contribution is 9.10. The van der Waals surface area contributed by atoms with E-state index < -0.39 is 0 Å². The standard InChI is InChI=1S/C14H15BrN2S/c15-13-5-1-2-6-14(13)18-9-8-17-11-12-4-3-7-16-10-12/h1-7,10,17H,8-9,11H2. The van der Waals surface area contributed by atoms with Crippen molar-refractivity contribution in [3.8, 4) is 0 Å². The molecule has 0 aliphatic carbocycles. The monoisotopic (exact) mass is 322 g/mol. The Labute approximate surface area is 120 Å². The molecule has 0 saturated heterocycles. The number of pyridine rings is 1. The third-order valence-corrected chi connectivity index (χ3v) is 4.45. The highest BCUT2D eigenvalue weighted by Gasteiger charge is 1.98. The predicted octanol–water partition coefficient (Wildman–Crippen LogP) is 3.73. The van der Waals surface area contributed by atoms with Crippen molar-refractivity contribution in [3.63, 3.8) is 0 Å². The van der Waals surface area contributed by atoms with Crippen molar-refractivity contribution in [2.45, 2.75) is 11.4 Å². The average molecular weight is 323 g/mol. The molecule has 18 heavy (non-hydrogen) atoms. The molecule has 2 nitrogen and oxygen atoms in total. The van der Waals surface area contributed by atoms with Crippen LogP contribution in [0.1, 0.15) is 5.56 Å². The second kappa shape index (κ2) is 7.56. The van der Waals surface area contributed by atoms with Crippen molar-refractivity contribution in [1.82, 2.24) is 10.3 Å². The van der Waals surface area contributed by atoms with Crippen LogP contribution < -0.4 is 5.32 Å². The fourth-order valence-electron chi connectivity index (χ4n) is 1.53. The molecular weight excluding hydrogens is 308 g/mol. The quantitative estimate of drug-likeness (QED) is 0.648. The summed E-state index contributed by atoms with van der Waals surface area (Å²) < 4.78 is 1.17. The van der Waals surface area contributed by atoms with Gasteiger partial charge in [0.25, 0.3) is 0 Å². The summed E-state index contributed by atoms with van der Waals surface area (Å²) in [4.78, 5) is 5.38. The van der Waals surface area contributed by atoms with E-state index >= 15 is 0 Å². The lowest BCUT2D eigenvalue weighted by molar-refractivity contribution is 0.729. The van der Waals surface area contributed by atoms with Gasteiger partial charge in [-0.3, -0.25) is 4.98 Å². The molecule has 0 aliphatic heterocycles. The summed E-state index contributed by atoms with van der Waals surface area (Å²) in [5, 5.41) is 3.42. The number of nitrogens with zero attached hydrogens (tertiary/aromatic N) is 1. The van der Waals surface area contributed by atoms with Gasteiger partial charge in [-0.15, -0.1) is 11.8 Å². The van der Waals surface area contributed by atoms with E-state index in [-0.39, 0.29) is 0 Å². The van der Waals surface area contributed by atoms with Crippen molar-refractivity contribution in [2.75, 3.05) is 12.3 Å². The number of hydrogen-bond donors (Lipinski definition) is 1. The van der Waals surface area contributed by atoms with E-state index in [4.69, 9.17) is 0 Å². The largest absolute Gasteiger partial charge is 0.312 e. The van der Waals surface area contributed by atoms with Gasteiger partial charge < -0.3 is 5.32 Å². The van der Waals surface area contributed by atoms with Gasteiger partial charge in [-0.05, 0) is 39.7 Å². The van der Waals surface area contributed by atoms with Crippen molar-refractivity contribution in [2.24, 2.45) is 0 Å². The molecule has 1 heterocycles. The highest BCUT2D eigenvalue weighted by Crippen LogP contribution is 2.26. The molecule has 1 aromatic heterocycles. The summed E-state index contributed by atoms with van der Waals surface area (Å²) in [5.41, 5.74) is 1.23. The molecule has 0 unspecified atom stereocenters. The van der Waals surface area contributed by atoms with Crippen LogP contribution in [0.3, 0.4) is 0 Å². The molecule has 0 spiro atoms. The highest BCUT2D eigenvalue weighted by atomic mass is 79.9. The minimum absolute atomic E-state index is 0.879. The zero-order chi connectivity index (χ0) is 12.6. The van der Waals surface area contributed by atoms with Gasteiger partial charge >= 0.3 is 0 Å². The lowest BCUT2D eigenvalue weighted by Gasteiger charge is -2.06. The van der Waals surface area contributed by atoms with Crippen LogP contribution in [0.15, 0.2) is 58.2 Å². The van der Waals surface area contributed by atoms with Crippen molar-refractivity contribution < 1.29 is 0 Å². The molecule has 0 bridgehead atoms. The van der Waals surface area contributed by atoms with Crippen LogP contribution in [0, 0.1) is 0 Å².